The molecule has 0 saturated carbocycles. The molecule has 8 nitrogen and oxygen atoms in total. The molecule has 1 aromatic heterocycles. The number of fused-ring (bicyclic) bond motifs is 1. The average molecular weight is 580 g/mol. The average Bonchev–Trinajstić information content (AvgIpc) is 3.36. The van der Waals surface area contributed by atoms with Crippen molar-refractivity contribution < 1.29 is 27.4 Å². The Labute approximate surface area is 237 Å². The highest BCUT2D eigenvalue weighted by atomic mass is 35.5. The fourth-order valence-electron chi connectivity index (χ4n) is 5.26. The van der Waals surface area contributed by atoms with Crippen LogP contribution in [-0.4, -0.2) is 66.2 Å². The van der Waals surface area contributed by atoms with Crippen LogP contribution >= 0.6 is 12.4 Å². The van der Waals surface area contributed by atoms with E-state index in [9.17, 15) is 18.0 Å². The van der Waals surface area contributed by atoms with E-state index in [1.54, 1.807) is 48.5 Å². The standard InChI is InChI=1S/C28H32F3N5O3.ClH/c1-16-15-35(17(2)14-32-16)27(37)19-7-5-18(6-8-19)22-13-26-33-21(12-25(28(29,30)31)36(26)34-22)20-9-10-23(38-3)24(11-20)39-4;/h5-11,13,16-17,21,25,32-33H,12,14-15H2,1-4H3;1H/t16-,17-,21?,25?;/m1./s1. The van der Waals surface area contributed by atoms with Crippen molar-refractivity contribution >= 4 is 24.1 Å². The van der Waals surface area contributed by atoms with Gasteiger partial charge in [0.2, 0.25) is 0 Å². The lowest BCUT2D eigenvalue weighted by Gasteiger charge is -2.37. The number of rotatable bonds is 5. The van der Waals surface area contributed by atoms with Gasteiger partial charge in [-0.25, -0.2) is 4.68 Å². The molecule has 2 aliphatic rings. The summed E-state index contributed by atoms with van der Waals surface area (Å²) in [7, 11) is 2.99. The topological polar surface area (TPSA) is 80.7 Å². The summed E-state index contributed by atoms with van der Waals surface area (Å²) in [5, 5.41) is 10.9. The molecule has 1 saturated heterocycles. The van der Waals surface area contributed by atoms with Crippen LogP contribution in [0.15, 0.2) is 48.5 Å². The van der Waals surface area contributed by atoms with Crippen molar-refractivity contribution in [2.45, 2.75) is 50.6 Å². The zero-order valence-corrected chi connectivity index (χ0v) is 23.5. The Morgan fingerprint density at radius 3 is 2.38 bits per heavy atom. The Morgan fingerprint density at radius 2 is 1.73 bits per heavy atom. The lowest BCUT2D eigenvalue weighted by Crippen LogP contribution is -2.56. The second-order valence-electron chi connectivity index (χ2n) is 10.2. The molecule has 2 aliphatic heterocycles. The quantitative estimate of drug-likeness (QED) is 0.417. The maximum absolute atomic E-state index is 14.2. The summed E-state index contributed by atoms with van der Waals surface area (Å²) in [4.78, 5) is 14.9. The molecular formula is C28H33ClF3N5O3. The first-order chi connectivity index (χ1) is 18.6. The molecule has 3 heterocycles. The van der Waals surface area contributed by atoms with Gasteiger partial charge in [-0.05, 0) is 43.7 Å². The molecule has 2 aromatic carbocycles. The van der Waals surface area contributed by atoms with Crippen molar-refractivity contribution in [2.24, 2.45) is 0 Å². The summed E-state index contributed by atoms with van der Waals surface area (Å²) in [5.74, 6) is 1.14. The number of hydrogen-bond donors (Lipinski definition) is 2. The van der Waals surface area contributed by atoms with Gasteiger partial charge in [0, 0.05) is 48.8 Å². The number of nitrogens with one attached hydrogen (secondary N) is 2. The molecule has 2 unspecified atom stereocenters. The molecule has 5 rings (SSSR count). The molecule has 1 amide bonds. The van der Waals surface area contributed by atoms with Gasteiger partial charge in [-0.2, -0.15) is 18.3 Å². The first kappa shape index (κ1) is 29.5. The zero-order chi connectivity index (χ0) is 27.9. The van der Waals surface area contributed by atoms with Crippen molar-refractivity contribution in [3.63, 3.8) is 0 Å². The van der Waals surface area contributed by atoms with E-state index in [-0.39, 0.29) is 42.6 Å². The Bertz CT molecular complexity index is 1350. The SMILES string of the molecule is COc1ccc(C2CC(C(F)(F)F)n3nc(-c4ccc(C(=O)N5C[C@@H](C)NC[C@H]5C)cc4)cc3N2)cc1OC.Cl. The van der Waals surface area contributed by atoms with E-state index in [1.807, 2.05) is 18.7 Å². The number of halogens is 4. The third-order valence-electron chi connectivity index (χ3n) is 7.45. The fourth-order valence-corrected chi connectivity index (χ4v) is 5.26. The van der Waals surface area contributed by atoms with Crippen LogP contribution in [0.25, 0.3) is 11.3 Å². The van der Waals surface area contributed by atoms with E-state index >= 15 is 0 Å². The second-order valence-corrected chi connectivity index (χ2v) is 10.2. The van der Waals surface area contributed by atoms with Gasteiger partial charge in [-0.1, -0.05) is 18.2 Å². The van der Waals surface area contributed by atoms with Crippen LogP contribution in [0.2, 0.25) is 0 Å². The number of carbonyl (C=O) groups is 1. The van der Waals surface area contributed by atoms with E-state index < -0.39 is 18.3 Å². The molecule has 0 radical (unpaired) electrons. The lowest BCUT2D eigenvalue weighted by molar-refractivity contribution is -0.173. The minimum absolute atomic E-state index is 0. The van der Waals surface area contributed by atoms with Crippen molar-refractivity contribution in [2.75, 3.05) is 32.6 Å². The van der Waals surface area contributed by atoms with E-state index in [0.29, 0.717) is 40.4 Å². The Balaban J connectivity index is 0.00000370. The van der Waals surface area contributed by atoms with Gasteiger partial charge < -0.3 is 25.0 Å². The number of anilines is 1. The summed E-state index contributed by atoms with van der Waals surface area (Å²) in [6.45, 7) is 5.37. The van der Waals surface area contributed by atoms with Gasteiger partial charge in [-0.3, -0.25) is 4.79 Å². The number of nitrogens with zero attached hydrogens (tertiary/aromatic N) is 3. The van der Waals surface area contributed by atoms with Crippen LogP contribution < -0.4 is 20.1 Å². The molecule has 2 N–H and O–H groups in total. The fraction of sp³-hybridized carbons (Fsp3) is 0.429. The molecule has 12 heteroatoms. The smallest absolute Gasteiger partial charge is 0.410 e. The first-order valence-electron chi connectivity index (χ1n) is 12.9. The predicted molar refractivity (Wildman–Crippen MR) is 148 cm³/mol. The summed E-state index contributed by atoms with van der Waals surface area (Å²) in [6.07, 6.45) is -4.73. The van der Waals surface area contributed by atoms with Gasteiger partial charge >= 0.3 is 6.18 Å². The zero-order valence-electron chi connectivity index (χ0n) is 22.7. The molecule has 0 aliphatic carbocycles. The van der Waals surface area contributed by atoms with Crippen molar-refractivity contribution in [1.82, 2.24) is 20.0 Å². The van der Waals surface area contributed by atoms with Gasteiger partial charge in [-0.15, -0.1) is 12.4 Å². The lowest BCUT2D eigenvalue weighted by atomic mass is 9.96. The van der Waals surface area contributed by atoms with Crippen LogP contribution in [0.3, 0.4) is 0 Å². The van der Waals surface area contributed by atoms with E-state index in [0.717, 1.165) is 11.2 Å². The second kappa shape index (κ2) is 11.6. The molecule has 0 spiro atoms. The number of ether oxygens (including phenoxy) is 2. The number of benzene rings is 2. The van der Waals surface area contributed by atoms with Crippen molar-refractivity contribution in [3.05, 3.63) is 59.7 Å². The Kier molecular flexibility index (Phi) is 8.55. The van der Waals surface area contributed by atoms with Crippen LogP contribution in [-0.2, 0) is 0 Å². The molecule has 1 fully saturated rings. The first-order valence-corrected chi connectivity index (χ1v) is 12.9. The van der Waals surface area contributed by atoms with Gasteiger partial charge in [0.1, 0.15) is 5.82 Å². The minimum Gasteiger partial charge on any atom is -0.493 e. The number of methoxy groups -OCH3 is 2. The predicted octanol–water partition coefficient (Wildman–Crippen LogP) is 5.47. The molecule has 40 heavy (non-hydrogen) atoms. The van der Waals surface area contributed by atoms with Gasteiger partial charge in [0.15, 0.2) is 17.5 Å². The molecule has 216 valence electrons. The van der Waals surface area contributed by atoms with Crippen LogP contribution in [0.4, 0.5) is 19.0 Å². The van der Waals surface area contributed by atoms with Gasteiger partial charge in [0.05, 0.1) is 26.0 Å². The molecule has 4 atom stereocenters. The Morgan fingerprint density at radius 1 is 1.02 bits per heavy atom. The number of amides is 1. The largest absolute Gasteiger partial charge is 0.493 e. The summed E-state index contributed by atoms with van der Waals surface area (Å²) in [6, 6.07) is 11.4. The van der Waals surface area contributed by atoms with E-state index in [4.69, 9.17) is 9.47 Å². The number of alkyl halides is 3. The third kappa shape index (κ3) is 5.71. The van der Waals surface area contributed by atoms with Crippen molar-refractivity contribution in [1.29, 1.82) is 0 Å². The highest BCUT2D eigenvalue weighted by Gasteiger charge is 2.46. The molecule has 3 aromatic rings. The minimum atomic E-state index is -4.50. The molecule has 0 bridgehead atoms. The number of aromatic nitrogens is 2. The van der Waals surface area contributed by atoms with Crippen LogP contribution in [0, 0.1) is 0 Å². The van der Waals surface area contributed by atoms with Crippen molar-refractivity contribution in [3.8, 4) is 22.8 Å². The maximum Gasteiger partial charge on any atom is 0.410 e. The summed E-state index contributed by atoms with van der Waals surface area (Å²) >= 11 is 0. The summed E-state index contributed by atoms with van der Waals surface area (Å²) in [5.41, 5.74) is 2.20. The monoisotopic (exact) mass is 579 g/mol. The normalized spacial score (nSPS) is 22.5. The van der Waals surface area contributed by atoms with E-state index in [2.05, 4.69) is 15.7 Å². The number of piperazine rings is 1. The van der Waals surface area contributed by atoms with E-state index in [1.165, 1.54) is 14.2 Å². The Hall–Kier alpha value is -3.44. The highest BCUT2D eigenvalue weighted by molar-refractivity contribution is 5.95. The summed E-state index contributed by atoms with van der Waals surface area (Å²) < 4.78 is 54.2. The van der Waals surface area contributed by atoms with Gasteiger partial charge in [0.25, 0.3) is 5.91 Å². The third-order valence-corrected chi connectivity index (χ3v) is 7.45. The van der Waals surface area contributed by atoms with Crippen LogP contribution in [0.5, 0.6) is 11.5 Å². The number of carbonyl (C=O) groups excluding carboxylic acids is 1. The maximum atomic E-state index is 14.2. The highest BCUT2D eigenvalue weighted by Crippen LogP contribution is 2.45. The number of hydrogen-bond acceptors (Lipinski definition) is 6. The van der Waals surface area contributed by atoms with Crippen LogP contribution in [0.1, 0.15) is 48.3 Å². The molecular weight excluding hydrogens is 547 g/mol.